The molecule has 0 spiro atoms. The molecule has 0 aliphatic carbocycles. The average molecular weight is 209 g/mol. The summed E-state index contributed by atoms with van der Waals surface area (Å²) in [5.41, 5.74) is 1.19. The van der Waals surface area contributed by atoms with Gasteiger partial charge in [-0.2, -0.15) is 0 Å². The summed E-state index contributed by atoms with van der Waals surface area (Å²) in [6.07, 6.45) is 0.978. The SMILES string of the molecule is CC1=NCC(Cc2ccc(F)cc2)S1. The number of halogens is 1. The second kappa shape index (κ2) is 4.13. The molecule has 0 saturated heterocycles. The third-order valence-electron chi connectivity index (χ3n) is 2.23. The van der Waals surface area contributed by atoms with E-state index in [9.17, 15) is 4.39 Å². The lowest BCUT2D eigenvalue weighted by Gasteiger charge is -2.07. The number of aliphatic imine (C=N–C) groups is 1. The van der Waals surface area contributed by atoms with Crippen molar-refractivity contribution < 1.29 is 4.39 Å². The zero-order valence-corrected chi connectivity index (χ0v) is 8.85. The minimum atomic E-state index is -0.166. The zero-order valence-electron chi connectivity index (χ0n) is 8.03. The van der Waals surface area contributed by atoms with Crippen LogP contribution >= 0.6 is 11.8 Å². The molecule has 0 bridgehead atoms. The molecule has 1 unspecified atom stereocenters. The van der Waals surface area contributed by atoms with Crippen LogP contribution in [0.3, 0.4) is 0 Å². The average Bonchev–Trinajstić information content (AvgIpc) is 2.56. The van der Waals surface area contributed by atoms with Gasteiger partial charge in [0.25, 0.3) is 0 Å². The van der Waals surface area contributed by atoms with Gasteiger partial charge < -0.3 is 0 Å². The van der Waals surface area contributed by atoms with Crippen molar-refractivity contribution in [1.29, 1.82) is 0 Å². The summed E-state index contributed by atoms with van der Waals surface area (Å²) in [5.74, 6) is -0.166. The smallest absolute Gasteiger partial charge is 0.123 e. The molecule has 0 aromatic heterocycles. The fraction of sp³-hybridized carbons (Fsp3) is 0.364. The predicted molar refractivity (Wildman–Crippen MR) is 59.5 cm³/mol. The maximum absolute atomic E-state index is 12.6. The molecule has 3 heteroatoms. The van der Waals surface area contributed by atoms with Crippen molar-refractivity contribution in [2.24, 2.45) is 4.99 Å². The van der Waals surface area contributed by atoms with Gasteiger partial charge in [0.05, 0.1) is 11.6 Å². The van der Waals surface area contributed by atoms with Gasteiger partial charge >= 0.3 is 0 Å². The molecule has 1 aliphatic rings. The molecular weight excluding hydrogens is 197 g/mol. The lowest BCUT2D eigenvalue weighted by Crippen LogP contribution is -2.07. The summed E-state index contributed by atoms with van der Waals surface area (Å²) >= 11 is 1.82. The van der Waals surface area contributed by atoms with Crippen LogP contribution in [0.15, 0.2) is 29.3 Å². The molecule has 2 rings (SSSR count). The first-order chi connectivity index (χ1) is 6.74. The van der Waals surface area contributed by atoms with Crippen molar-refractivity contribution >= 4 is 16.8 Å². The van der Waals surface area contributed by atoms with E-state index < -0.39 is 0 Å². The second-order valence-electron chi connectivity index (χ2n) is 3.43. The number of hydrogen-bond acceptors (Lipinski definition) is 2. The van der Waals surface area contributed by atoms with Crippen molar-refractivity contribution in [1.82, 2.24) is 0 Å². The highest BCUT2D eigenvalue weighted by Crippen LogP contribution is 2.24. The number of rotatable bonds is 2. The minimum Gasteiger partial charge on any atom is -0.282 e. The Bertz CT molecular complexity index is 345. The molecule has 0 N–H and O–H groups in total. The molecule has 74 valence electrons. The summed E-state index contributed by atoms with van der Waals surface area (Å²) in [4.78, 5) is 4.34. The monoisotopic (exact) mass is 209 g/mol. The summed E-state index contributed by atoms with van der Waals surface area (Å²) in [5, 5.41) is 1.71. The maximum Gasteiger partial charge on any atom is 0.123 e. The van der Waals surface area contributed by atoms with Crippen LogP contribution in [0, 0.1) is 5.82 Å². The van der Waals surface area contributed by atoms with E-state index >= 15 is 0 Å². The van der Waals surface area contributed by atoms with E-state index in [0.717, 1.165) is 18.0 Å². The Kier molecular flexibility index (Phi) is 2.87. The molecule has 1 atom stereocenters. The Labute approximate surface area is 87.4 Å². The van der Waals surface area contributed by atoms with Crippen LogP contribution in [0.4, 0.5) is 4.39 Å². The molecule has 1 aromatic rings. The van der Waals surface area contributed by atoms with E-state index in [0.29, 0.717) is 5.25 Å². The van der Waals surface area contributed by atoms with E-state index in [1.807, 2.05) is 30.8 Å². The first-order valence-electron chi connectivity index (χ1n) is 4.66. The summed E-state index contributed by atoms with van der Waals surface area (Å²) in [6, 6.07) is 6.73. The van der Waals surface area contributed by atoms with Crippen LogP contribution in [-0.4, -0.2) is 16.8 Å². The van der Waals surface area contributed by atoms with Gasteiger partial charge in [0.1, 0.15) is 5.82 Å². The highest BCUT2D eigenvalue weighted by molar-refractivity contribution is 8.14. The topological polar surface area (TPSA) is 12.4 Å². The summed E-state index contributed by atoms with van der Waals surface area (Å²) in [6.45, 7) is 2.93. The van der Waals surface area contributed by atoms with Crippen LogP contribution in [0.25, 0.3) is 0 Å². The molecule has 1 aromatic carbocycles. The van der Waals surface area contributed by atoms with Gasteiger partial charge in [-0.05, 0) is 31.0 Å². The first kappa shape index (κ1) is 9.71. The number of hydrogen-bond donors (Lipinski definition) is 0. The number of thioether (sulfide) groups is 1. The fourth-order valence-electron chi connectivity index (χ4n) is 1.54. The van der Waals surface area contributed by atoms with Gasteiger partial charge in [0.15, 0.2) is 0 Å². The Balaban J connectivity index is 1.95. The van der Waals surface area contributed by atoms with Gasteiger partial charge in [-0.1, -0.05) is 12.1 Å². The molecular formula is C11H12FNS. The van der Waals surface area contributed by atoms with Crippen molar-refractivity contribution in [3.05, 3.63) is 35.6 Å². The molecule has 1 nitrogen and oxygen atoms in total. The van der Waals surface area contributed by atoms with Gasteiger partial charge in [-0.15, -0.1) is 11.8 Å². The quantitative estimate of drug-likeness (QED) is 0.729. The van der Waals surface area contributed by atoms with E-state index in [1.165, 1.54) is 17.7 Å². The van der Waals surface area contributed by atoms with Crippen molar-refractivity contribution in [2.45, 2.75) is 18.6 Å². The van der Waals surface area contributed by atoms with Crippen LogP contribution in [0.1, 0.15) is 12.5 Å². The third-order valence-corrected chi connectivity index (χ3v) is 3.35. The number of benzene rings is 1. The van der Waals surface area contributed by atoms with Crippen LogP contribution in [0.2, 0.25) is 0 Å². The van der Waals surface area contributed by atoms with Crippen LogP contribution in [-0.2, 0) is 6.42 Å². The molecule has 0 radical (unpaired) electrons. The highest BCUT2D eigenvalue weighted by atomic mass is 32.2. The maximum atomic E-state index is 12.6. The Morgan fingerprint density at radius 2 is 2.14 bits per heavy atom. The van der Waals surface area contributed by atoms with E-state index in [1.54, 1.807) is 0 Å². The van der Waals surface area contributed by atoms with Gasteiger partial charge in [-0.25, -0.2) is 4.39 Å². The number of nitrogens with zero attached hydrogens (tertiary/aromatic N) is 1. The van der Waals surface area contributed by atoms with Gasteiger partial charge in [0.2, 0.25) is 0 Å². The van der Waals surface area contributed by atoms with Gasteiger partial charge in [0, 0.05) is 5.25 Å². The fourth-order valence-corrected chi connectivity index (χ4v) is 2.59. The van der Waals surface area contributed by atoms with E-state index in [4.69, 9.17) is 0 Å². The standard InChI is InChI=1S/C11H12FNS/c1-8-13-7-11(14-8)6-9-2-4-10(12)5-3-9/h2-5,11H,6-7H2,1H3. The molecule has 1 aliphatic heterocycles. The van der Waals surface area contributed by atoms with Crippen molar-refractivity contribution in [2.75, 3.05) is 6.54 Å². The van der Waals surface area contributed by atoms with Crippen LogP contribution in [0.5, 0.6) is 0 Å². The van der Waals surface area contributed by atoms with Crippen molar-refractivity contribution in [3.8, 4) is 0 Å². The molecule has 1 heterocycles. The molecule has 0 fully saturated rings. The van der Waals surface area contributed by atoms with E-state index in [-0.39, 0.29) is 5.82 Å². The highest BCUT2D eigenvalue weighted by Gasteiger charge is 2.16. The zero-order chi connectivity index (χ0) is 9.97. The summed E-state index contributed by atoms with van der Waals surface area (Å²) in [7, 11) is 0. The van der Waals surface area contributed by atoms with Gasteiger partial charge in [-0.3, -0.25) is 4.99 Å². The minimum absolute atomic E-state index is 0.166. The normalized spacial score (nSPS) is 21.0. The van der Waals surface area contributed by atoms with Crippen molar-refractivity contribution in [3.63, 3.8) is 0 Å². The summed E-state index contributed by atoms with van der Waals surface area (Å²) < 4.78 is 12.6. The lowest BCUT2D eigenvalue weighted by molar-refractivity contribution is 0.627. The Morgan fingerprint density at radius 3 is 2.71 bits per heavy atom. The third kappa shape index (κ3) is 2.35. The first-order valence-corrected chi connectivity index (χ1v) is 5.54. The Morgan fingerprint density at radius 1 is 1.43 bits per heavy atom. The molecule has 0 amide bonds. The van der Waals surface area contributed by atoms with Crippen LogP contribution < -0.4 is 0 Å². The lowest BCUT2D eigenvalue weighted by atomic mass is 10.1. The molecule has 0 saturated carbocycles. The second-order valence-corrected chi connectivity index (χ2v) is 4.92. The molecule has 14 heavy (non-hydrogen) atoms. The Hall–Kier alpha value is -0.830. The van der Waals surface area contributed by atoms with E-state index in [2.05, 4.69) is 4.99 Å². The predicted octanol–water partition coefficient (Wildman–Crippen LogP) is 2.90. The largest absolute Gasteiger partial charge is 0.282 e.